The largest absolute Gasteiger partial charge is 0.342 e. The van der Waals surface area contributed by atoms with E-state index in [4.69, 9.17) is 0 Å². The minimum atomic E-state index is 0.427. The van der Waals surface area contributed by atoms with Gasteiger partial charge in [0.25, 0.3) is 0 Å². The molecule has 0 saturated carbocycles. The zero-order valence-electron chi connectivity index (χ0n) is 9.80. The average Bonchev–Trinajstić information content (AvgIpc) is 2.39. The van der Waals surface area contributed by atoms with Crippen LogP contribution >= 0.6 is 0 Å². The van der Waals surface area contributed by atoms with E-state index >= 15 is 0 Å². The molecule has 1 aliphatic heterocycles. The molecule has 2 rings (SSSR count). The minimum absolute atomic E-state index is 0.427. The Morgan fingerprint density at radius 2 is 2.12 bits per heavy atom. The lowest BCUT2D eigenvalue weighted by Gasteiger charge is -2.37. The first-order valence-corrected chi connectivity index (χ1v) is 6.11. The van der Waals surface area contributed by atoms with Crippen molar-refractivity contribution in [2.24, 2.45) is 0 Å². The Balaban J connectivity index is 2.07. The third kappa shape index (κ3) is 2.26. The van der Waals surface area contributed by atoms with Gasteiger partial charge < -0.3 is 4.90 Å². The molecule has 2 heteroatoms. The van der Waals surface area contributed by atoms with Crippen molar-refractivity contribution in [1.82, 2.24) is 4.90 Å². The van der Waals surface area contributed by atoms with Crippen LogP contribution < -0.4 is 0 Å². The van der Waals surface area contributed by atoms with E-state index in [1.165, 1.54) is 5.56 Å². The molecule has 2 atom stereocenters. The van der Waals surface area contributed by atoms with Gasteiger partial charge in [0.2, 0.25) is 6.41 Å². The van der Waals surface area contributed by atoms with Gasteiger partial charge in [-0.25, -0.2) is 0 Å². The van der Waals surface area contributed by atoms with Gasteiger partial charge in [0.1, 0.15) is 0 Å². The zero-order valence-corrected chi connectivity index (χ0v) is 9.80. The van der Waals surface area contributed by atoms with Crippen molar-refractivity contribution < 1.29 is 4.79 Å². The summed E-state index contributed by atoms with van der Waals surface area (Å²) in [7, 11) is 0. The Morgan fingerprint density at radius 3 is 2.75 bits per heavy atom. The van der Waals surface area contributed by atoms with Crippen molar-refractivity contribution in [2.45, 2.75) is 38.1 Å². The molecule has 16 heavy (non-hydrogen) atoms. The van der Waals surface area contributed by atoms with Crippen LogP contribution in [0.15, 0.2) is 30.3 Å². The van der Waals surface area contributed by atoms with Crippen LogP contribution in [0.4, 0.5) is 0 Å². The normalized spacial score (nSPS) is 25.4. The monoisotopic (exact) mass is 217 g/mol. The van der Waals surface area contributed by atoms with E-state index in [1.54, 1.807) is 0 Å². The van der Waals surface area contributed by atoms with Crippen molar-refractivity contribution in [3.8, 4) is 0 Å². The summed E-state index contributed by atoms with van der Waals surface area (Å²) in [5.41, 5.74) is 1.42. The van der Waals surface area contributed by atoms with Gasteiger partial charge in [0.15, 0.2) is 0 Å². The maximum Gasteiger partial charge on any atom is 0.209 e. The summed E-state index contributed by atoms with van der Waals surface area (Å²) in [6.07, 6.45) is 4.27. The zero-order chi connectivity index (χ0) is 11.4. The molecule has 0 bridgehead atoms. The van der Waals surface area contributed by atoms with E-state index < -0.39 is 0 Å². The highest BCUT2D eigenvalue weighted by molar-refractivity contribution is 5.48. The van der Waals surface area contributed by atoms with E-state index in [-0.39, 0.29) is 0 Å². The van der Waals surface area contributed by atoms with Crippen molar-refractivity contribution in [2.75, 3.05) is 6.54 Å². The molecule has 86 valence electrons. The number of likely N-dealkylation sites (tertiary alicyclic amines) is 1. The third-order valence-electron chi connectivity index (χ3n) is 3.64. The molecule has 0 N–H and O–H groups in total. The first-order chi connectivity index (χ1) is 7.85. The Labute approximate surface area is 97.3 Å². The fourth-order valence-electron chi connectivity index (χ4n) is 2.64. The number of carbonyl (C=O) groups excluding carboxylic acids is 1. The van der Waals surface area contributed by atoms with E-state index in [0.29, 0.717) is 12.0 Å². The Bertz CT molecular complexity index is 336. The molecule has 0 aromatic heterocycles. The molecule has 1 aromatic carbocycles. The number of hydrogen-bond acceptors (Lipinski definition) is 1. The lowest BCUT2D eigenvalue weighted by Crippen LogP contribution is -2.40. The summed E-state index contributed by atoms with van der Waals surface area (Å²) in [5.74, 6) is 0.627. The first kappa shape index (κ1) is 11.2. The summed E-state index contributed by atoms with van der Waals surface area (Å²) < 4.78 is 0. The third-order valence-corrected chi connectivity index (χ3v) is 3.64. The molecule has 1 saturated heterocycles. The summed E-state index contributed by atoms with van der Waals surface area (Å²) in [6.45, 7) is 3.07. The first-order valence-electron chi connectivity index (χ1n) is 6.11. The molecule has 1 aliphatic rings. The van der Waals surface area contributed by atoms with Crippen LogP contribution in [-0.4, -0.2) is 23.9 Å². The van der Waals surface area contributed by atoms with Gasteiger partial charge in [-0.15, -0.1) is 0 Å². The summed E-state index contributed by atoms with van der Waals surface area (Å²) in [6, 6.07) is 11.1. The van der Waals surface area contributed by atoms with Crippen LogP contribution in [0.25, 0.3) is 0 Å². The molecule has 1 heterocycles. The molecule has 0 aliphatic carbocycles. The molecular weight excluding hydrogens is 198 g/mol. The van der Waals surface area contributed by atoms with Gasteiger partial charge in [-0.05, 0) is 30.7 Å². The van der Waals surface area contributed by atoms with Crippen LogP contribution in [0, 0.1) is 0 Å². The summed E-state index contributed by atoms with van der Waals surface area (Å²) in [4.78, 5) is 12.9. The molecular formula is C14H19NO. The quantitative estimate of drug-likeness (QED) is 0.713. The molecule has 1 amide bonds. The highest BCUT2D eigenvalue weighted by Crippen LogP contribution is 2.31. The highest BCUT2D eigenvalue weighted by atomic mass is 16.1. The number of amides is 1. The molecule has 2 unspecified atom stereocenters. The Hall–Kier alpha value is -1.31. The summed E-state index contributed by atoms with van der Waals surface area (Å²) in [5, 5.41) is 0. The predicted molar refractivity (Wildman–Crippen MR) is 65.3 cm³/mol. The van der Waals surface area contributed by atoms with Gasteiger partial charge in [0, 0.05) is 12.6 Å². The number of hydrogen-bond donors (Lipinski definition) is 0. The maximum absolute atomic E-state index is 10.9. The second-order valence-corrected chi connectivity index (χ2v) is 4.54. The van der Waals surface area contributed by atoms with Crippen molar-refractivity contribution in [3.63, 3.8) is 0 Å². The SMILES string of the molecule is CCC1CC(c2ccccc2)CCN1C=O. The second kappa shape index (κ2) is 5.15. The van der Waals surface area contributed by atoms with Crippen LogP contribution in [0.2, 0.25) is 0 Å². The standard InChI is InChI=1S/C14H19NO/c1-2-14-10-13(8-9-15(14)11-16)12-6-4-3-5-7-12/h3-7,11,13-14H,2,8-10H2,1H3. The van der Waals surface area contributed by atoms with Gasteiger partial charge in [-0.3, -0.25) is 4.79 Å². The van der Waals surface area contributed by atoms with Gasteiger partial charge in [-0.1, -0.05) is 37.3 Å². The molecule has 2 nitrogen and oxygen atoms in total. The fourth-order valence-corrected chi connectivity index (χ4v) is 2.64. The van der Waals surface area contributed by atoms with E-state index in [1.807, 2.05) is 4.90 Å². The minimum Gasteiger partial charge on any atom is -0.342 e. The lowest BCUT2D eigenvalue weighted by atomic mass is 9.85. The number of piperidine rings is 1. The number of carbonyl (C=O) groups is 1. The molecule has 1 aromatic rings. The molecule has 1 fully saturated rings. The van der Waals surface area contributed by atoms with E-state index in [2.05, 4.69) is 37.3 Å². The molecule has 0 radical (unpaired) electrons. The van der Waals surface area contributed by atoms with Gasteiger partial charge in [-0.2, -0.15) is 0 Å². The van der Waals surface area contributed by atoms with Crippen molar-refractivity contribution in [3.05, 3.63) is 35.9 Å². The van der Waals surface area contributed by atoms with Crippen LogP contribution in [0.3, 0.4) is 0 Å². The summed E-state index contributed by atoms with van der Waals surface area (Å²) >= 11 is 0. The van der Waals surface area contributed by atoms with Crippen LogP contribution in [0.1, 0.15) is 37.7 Å². The van der Waals surface area contributed by atoms with Crippen molar-refractivity contribution >= 4 is 6.41 Å². The molecule has 0 spiro atoms. The lowest BCUT2D eigenvalue weighted by molar-refractivity contribution is -0.121. The highest BCUT2D eigenvalue weighted by Gasteiger charge is 2.26. The van der Waals surface area contributed by atoms with E-state index in [0.717, 1.165) is 32.2 Å². The van der Waals surface area contributed by atoms with Crippen LogP contribution in [-0.2, 0) is 4.79 Å². The number of benzene rings is 1. The van der Waals surface area contributed by atoms with Gasteiger partial charge in [0.05, 0.1) is 0 Å². The maximum atomic E-state index is 10.9. The predicted octanol–water partition coefficient (Wildman–Crippen LogP) is 2.80. The van der Waals surface area contributed by atoms with Crippen molar-refractivity contribution in [1.29, 1.82) is 0 Å². The van der Waals surface area contributed by atoms with Crippen LogP contribution in [0.5, 0.6) is 0 Å². The van der Waals surface area contributed by atoms with E-state index in [9.17, 15) is 4.79 Å². The smallest absolute Gasteiger partial charge is 0.209 e. The Kier molecular flexibility index (Phi) is 3.60. The number of nitrogens with zero attached hydrogens (tertiary/aromatic N) is 1. The van der Waals surface area contributed by atoms with Gasteiger partial charge >= 0.3 is 0 Å². The topological polar surface area (TPSA) is 20.3 Å². The average molecular weight is 217 g/mol. The second-order valence-electron chi connectivity index (χ2n) is 4.54. The number of rotatable bonds is 3. The Morgan fingerprint density at radius 1 is 1.38 bits per heavy atom. The fraction of sp³-hybridized carbons (Fsp3) is 0.500.